The van der Waals surface area contributed by atoms with E-state index in [2.05, 4.69) is 39.1 Å². The van der Waals surface area contributed by atoms with Gasteiger partial charge in [-0.05, 0) is 41.6 Å². The van der Waals surface area contributed by atoms with Gasteiger partial charge in [0.15, 0.2) is 11.0 Å². The fraction of sp³-hybridized carbons (Fsp3) is 0.130. The Morgan fingerprint density at radius 3 is 2.66 bits per heavy atom. The number of rotatable bonds is 7. The molecule has 0 atom stereocenters. The second-order valence-electron chi connectivity index (χ2n) is 6.59. The van der Waals surface area contributed by atoms with Gasteiger partial charge in [-0.1, -0.05) is 48.5 Å². The number of amides is 1. The highest BCUT2D eigenvalue weighted by Crippen LogP contribution is 2.20. The van der Waals surface area contributed by atoms with Gasteiger partial charge in [0.05, 0.1) is 12.9 Å². The molecule has 4 aromatic rings. The number of thioether (sulfide) groups is 1. The maximum atomic E-state index is 12.5. The summed E-state index contributed by atoms with van der Waals surface area (Å²) in [6, 6.07) is 25.9. The van der Waals surface area contributed by atoms with Crippen LogP contribution in [0.1, 0.15) is 5.56 Å². The normalized spacial score (nSPS) is 10.8. The Hall–Kier alpha value is -3.25. The molecule has 0 radical (unpaired) electrons. The van der Waals surface area contributed by atoms with Crippen molar-refractivity contribution < 1.29 is 14.1 Å². The van der Waals surface area contributed by atoms with Crippen molar-refractivity contribution in [3.8, 4) is 5.75 Å². The minimum absolute atomic E-state index is 0.0619. The Kier molecular flexibility index (Phi) is 5.81. The third-order valence-corrected chi connectivity index (χ3v) is 5.56. The highest BCUT2D eigenvalue weighted by molar-refractivity contribution is 7.99. The van der Waals surface area contributed by atoms with Crippen LogP contribution in [0.5, 0.6) is 5.75 Å². The first-order chi connectivity index (χ1) is 14.2. The van der Waals surface area contributed by atoms with Gasteiger partial charge in [-0.2, -0.15) is 0 Å². The van der Waals surface area contributed by atoms with Gasteiger partial charge >= 0.3 is 5.16 Å². The fourth-order valence-electron chi connectivity index (χ4n) is 3.18. The maximum absolute atomic E-state index is 12.5. The van der Waals surface area contributed by atoms with Gasteiger partial charge in [-0.15, -0.1) is 0 Å². The SMILES string of the molecule is COc1cccc(NC(=O)CSc2[nH]c3ccccc3[n+]2Cc2ccccc2)c1. The molecule has 0 aliphatic rings. The molecule has 0 saturated carbocycles. The first kappa shape index (κ1) is 19.1. The molecule has 29 heavy (non-hydrogen) atoms. The summed E-state index contributed by atoms with van der Waals surface area (Å²) in [6.45, 7) is 0.741. The number of ether oxygens (including phenoxy) is 1. The predicted octanol–water partition coefficient (Wildman–Crippen LogP) is 4.24. The van der Waals surface area contributed by atoms with Crippen LogP contribution in [0, 0.1) is 0 Å². The number of aromatic nitrogens is 2. The Labute approximate surface area is 173 Å². The van der Waals surface area contributed by atoms with Crippen LogP contribution in [0.15, 0.2) is 84.0 Å². The summed E-state index contributed by atoms with van der Waals surface area (Å²) in [7, 11) is 1.61. The van der Waals surface area contributed by atoms with E-state index >= 15 is 0 Å². The first-order valence-electron chi connectivity index (χ1n) is 9.34. The lowest BCUT2D eigenvalue weighted by Crippen LogP contribution is -2.35. The lowest BCUT2D eigenvalue weighted by molar-refractivity contribution is -0.700. The lowest BCUT2D eigenvalue weighted by atomic mass is 10.2. The van der Waals surface area contributed by atoms with Crippen molar-refractivity contribution >= 4 is 34.4 Å². The van der Waals surface area contributed by atoms with Crippen LogP contribution >= 0.6 is 11.8 Å². The molecule has 2 N–H and O–H groups in total. The zero-order valence-electron chi connectivity index (χ0n) is 16.1. The Balaban J connectivity index is 1.51. The topological polar surface area (TPSA) is 58.0 Å². The van der Waals surface area contributed by atoms with Crippen molar-refractivity contribution in [2.24, 2.45) is 0 Å². The van der Waals surface area contributed by atoms with Crippen molar-refractivity contribution in [3.05, 3.63) is 84.4 Å². The van der Waals surface area contributed by atoms with E-state index in [0.717, 1.165) is 28.4 Å². The molecule has 4 rings (SSSR count). The van der Waals surface area contributed by atoms with Crippen molar-refractivity contribution in [1.82, 2.24) is 4.98 Å². The predicted molar refractivity (Wildman–Crippen MR) is 116 cm³/mol. The van der Waals surface area contributed by atoms with Gasteiger partial charge in [-0.3, -0.25) is 4.79 Å². The van der Waals surface area contributed by atoms with Crippen molar-refractivity contribution in [1.29, 1.82) is 0 Å². The Morgan fingerprint density at radius 1 is 1.03 bits per heavy atom. The number of para-hydroxylation sites is 2. The number of methoxy groups -OCH3 is 1. The van der Waals surface area contributed by atoms with Crippen LogP contribution in [0.3, 0.4) is 0 Å². The van der Waals surface area contributed by atoms with Crippen LogP contribution < -0.4 is 14.6 Å². The minimum atomic E-state index is -0.0619. The zero-order valence-corrected chi connectivity index (χ0v) is 16.9. The lowest BCUT2D eigenvalue weighted by Gasteiger charge is -2.06. The van der Waals surface area contributed by atoms with Gasteiger partial charge in [0.1, 0.15) is 12.3 Å². The van der Waals surface area contributed by atoms with Gasteiger partial charge in [-0.25, -0.2) is 9.55 Å². The van der Waals surface area contributed by atoms with E-state index < -0.39 is 0 Å². The highest BCUT2D eigenvalue weighted by atomic mass is 32.2. The molecule has 1 heterocycles. The molecule has 3 aromatic carbocycles. The number of fused-ring (bicyclic) bond motifs is 1. The summed E-state index contributed by atoms with van der Waals surface area (Å²) in [4.78, 5) is 15.9. The molecule has 0 aliphatic heterocycles. The number of hydrogen-bond acceptors (Lipinski definition) is 3. The second-order valence-corrected chi connectivity index (χ2v) is 7.55. The largest absolute Gasteiger partial charge is 0.497 e. The van der Waals surface area contributed by atoms with Gasteiger partial charge < -0.3 is 10.1 Å². The van der Waals surface area contributed by atoms with Crippen LogP contribution in [-0.2, 0) is 11.3 Å². The highest BCUT2D eigenvalue weighted by Gasteiger charge is 2.20. The molecule has 0 unspecified atom stereocenters. The third-order valence-electron chi connectivity index (χ3n) is 4.56. The molecular weight excluding hydrogens is 382 g/mol. The number of carbonyl (C=O) groups is 1. The molecule has 6 heteroatoms. The Morgan fingerprint density at radius 2 is 1.83 bits per heavy atom. The van der Waals surface area contributed by atoms with Crippen LogP contribution in [0.2, 0.25) is 0 Å². The van der Waals surface area contributed by atoms with Crippen molar-refractivity contribution in [2.75, 3.05) is 18.2 Å². The van der Waals surface area contributed by atoms with Crippen molar-refractivity contribution in [2.45, 2.75) is 11.7 Å². The quantitative estimate of drug-likeness (QED) is 0.358. The monoisotopic (exact) mass is 404 g/mol. The van der Waals surface area contributed by atoms with E-state index in [9.17, 15) is 4.79 Å². The summed E-state index contributed by atoms with van der Waals surface area (Å²) in [5.41, 5.74) is 4.11. The number of imidazole rings is 1. The summed E-state index contributed by atoms with van der Waals surface area (Å²) >= 11 is 1.49. The first-order valence-corrected chi connectivity index (χ1v) is 10.3. The molecule has 0 fully saturated rings. The molecule has 5 nitrogen and oxygen atoms in total. The molecule has 0 saturated heterocycles. The van der Waals surface area contributed by atoms with E-state index in [4.69, 9.17) is 4.74 Å². The van der Waals surface area contributed by atoms with Gasteiger partial charge in [0, 0.05) is 11.8 Å². The molecule has 146 valence electrons. The van der Waals surface area contributed by atoms with E-state index in [1.54, 1.807) is 13.2 Å². The summed E-state index contributed by atoms with van der Waals surface area (Å²) in [6.07, 6.45) is 0. The van der Waals surface area contributed by atoms with Crippen molar-refractivity contribution in [3.63, 3.8) is 0 Å². The molecular formula is C23H22N3O2S+. The van der Waals surface area contributed by atoms with E-state index in [-0.39, 0.29) is 5.91 Å². The van der Waals surface area contributed by atoms with Crippen LogP contribution in [-0.4, -0.2) is 23.8 Å². The zero-order chi connectivity index (χ0) is 20.1. The summed E-state index contributed by atoms with van der Waals surface area (Å²) < 4.78 is 7.42. The van der Waals surface area contributed by atoms with Gasteiger partial charge in [0.2, 0.25) is 5.91 Å². The smallest absolute Gasteiger partial charge is 0.317 e. The number of nitrogens with zero attached hydrogens (tertiary/aromatic N) is 1. The number of carbonyl (C=O) groups excluding carboxylic acids is 1. The molecule has 0 spiro atoms. The van der Waals surface area contributed by atoms with Crippen LogP contribution in [0.4, 0.5) is 5.69 Å². The number of hydrogen-bond donors (Lipinski definition) is 2. The Bertz CT molecular complexity index is 1130. The molecule has 0 aliphatic carbocycles. The summed E-state index contributed by atoms with van der Waals surface area (Å²) in [5, 5.41) is 3.88. The molecule has 0 bridgehead atoms. The third kappa shape index (κ3) is 4.60. The van der Waals surface area contributed by atoms with E-state index in [1.165, 1.54) is 17.3 Å². The maximum Gasteiger partial charge on any atom is 0.317 e. The number of benzene rings is 3. The second kappa shape index (κ2) is 8.84. The number of anilines is 1. The average molecular weight is 405 g/mol. The van der Waals surface area contributed by atoms with E-state index in [1.807, 2.05) is 48.5 Å². The van der Waals surface area contributed by atoms with Gasteiger partial charge in [0.25, 0.3) is 0 Å². The standard InChI is InChI=1S/C23H21N3O2S/c1-28-19-11-7-10-18(14-19)24-22(27)16-29-23-25-20-12-5-6-13-21(20)26(23)15-17-8-3-2-4-9-17/h2-14H,15-16H2,1H3,(H,24,27)/p+1. The summed E-state index contributed by atoms with van der Waals surface area (Å²) in [5.74, 6) is 0.957. The average Bonchev–Trinajstić information content (AvgIpc) is 3.10. The molecule has 1 aromatic heterocycles. The number of H-pyrrole nitrogens is 1. The minimum Gasteiger partial charge on any atom is -0.497 e. The van der Waals surface area contributed by atoms with Crippen LogP contribution in [0.25, 0.3) is 11.0 Å². The van der Waals surface area contributed by atoms with E-state index in [0.29, 0.717) is 11.5 Å². The number of aromatic amines is 1. The number of nitrogens with one attached hydrogen (secondary N) is 2. The fourth-order valence-corrected chi connectivity index (χ4v) is 4.02. The molecule has 1 amide bonds.